The summed E-state index contributed by atoms with van der Waals surface area (Å²) in [5.74, 6) is 0. The topological polar surface area (TPSA) is 12.9 Å². The maximum absolute atomic E-state index is 4.78. The number of rotatable bonds is 4. The molecular weight excluding hydrogens is 651 g/mol. The number of nitrogens with zero attached hydrogens (tertiary/aromatic N) is 1. The quantitative estimate of drug-likeness (QED) is 0.172. The molecule has 4 aromatic carbocycles. The Morgan fingerprint density at radius 2 is 0.974 bits per heavy atom. The van der Waals surface area contributed by atoms with Crippen LogP contribution in [0.5, 0.6) is 0 Å². The van der Waals surface area contributed by atoms with Gasteiger partial charge in [-0.1, -0.05) is 102 Å². The van der Waals surface area contributed by atoms with Crippen molar-refractivity contribution in [3.05, 3.63) is 127 Å². The van der Waals surface area contributed by atoms with E-state index in [0.717, 1.165) is 22.4 Å². The molecule has 0 aliphatic carbocycles. The van der Waals surface area contributed by atoms with Crippen molar-refractivity contribution < 1.29 is 20.1 Å². The summed E-state index contributed by atoms with van der Waals surface area (Å²) in [4.78, 5) is 4.78. The Balaban J connectivity index is 0.00000353. The fourth-order valence-electron chi connectivity index (χ4n) is 4.73. The average Bonchev–Trinajstić information content (AvgIpc) is 2.92. The average molecular weight is 687 g/mol. The van der Waals surface area contributed by atoms with E-state index in [1.165, 1.54) is 33.4 Å². The molecule has 0 unspecified atom stereocenters. The number of benzene rings is 4. The summed E-state index contributed by atoms with van der Waals surface area (Å²) in [6.45, 7) is 13.5. The van der Waals surface area contributed by atoms with E-state index in [9.17, 15) is 0 Å². The number of hydrogen-bond donors (Lipinski definition) is 0. The minimum Gasteiger partial charge on any atom is -0.304 e. The Morgan fingerprint density at radius 3 is 1.36 bits per heavy atom. The molecule has 1 heterocycles. The predicted octanol–water partition coefficient (Wildman–Crippen LogP) is 10.1. The second-order valence-corrected chi connectivity index (χ2v) is 12.2. The van der Waals surface area contributed by atoms with Crippen molar-refractivity contribution in [1.29, 1.82) is 0 Å². The van der Waals surface area contributed by atoms with Gasteiger partial charge in [-0.3, -0.25) is 0 Å². The summed E-state index contributed by atoms with van der Waals surface area (Å²) in [5, 5.41) is 0. The van der Waals surface area contributed by atoms with E-state index in [-0.39, 0.29) is 30.9 Å². The molecule has 0 aliphatic heterocycles. The maximum Gasteiger partial charge on any atom is 0.0239 e. The van der Waals surface area contributed by atoms with Gasteiger partial charge >= 0.3 is 0 Å². The van der Waals surface area contributed by atoms with Crippen molar-refractivity contribution >= 4 is 0 Å². The van der Waals surface area contributed by atoms with Crippen LogP contribution in [0.4, 0.5) is 0 Å². The van der Waals surface area contributed by atoms with Crippen LogP contribution >= 0.6 is 0 Å². The van der Waals surface area contributed by atoms with E-state index in [1.54, 1.807) is 0 Å². The van der Waals surface area contributed by atoms with Crippen LogP contribution in [0.25, 0.3) is 44.6 Å². The Labute approximate surface area is 247 Å². The molecule has 2 heteroatoms. The third-order valence-corrected chi connectivity index (χ3v) is 7.18. The van der Waals surface area contributed by atoms with Crippen LogP contribution in [-0.4, -0.2) is 4.98 Å². The van der Waals surface area contributed by atoms with E-state index in [2.05, 4.69) is 126 Å². The van der Waals surface area contributed by atoms with E-state index < -0.39 is 0 Å². The van der Waals surface area contributed by atoms with Crippen LogP contribution in [0.15, 0.2) is 109 Å². The monoisotopic (exact) mass is 687 g/mol. The van der Waals surface area contributed by atoms with Gasteiger partial charge in [0.2, 0.25) is 0 Å². The molecule has 0 saturated carbocycles. The molecule has 5 aromatic rings. The van der Waals surface area contributed by atoms with Gasteiger partial charge in [0.25, 0.3) is 0 Å². The van der Waals surface area contributed by atoms with E-state index in [4.69, 9.17) is 4.98 Å². The summed E-state index contributed by atoms with van der Waals surface area (Å²) < 4.78 is 0. The van der Waals surface area contributed by atoms with Crippen molar-refractivity contribution in [1.82, 2.24) is 4.98 Å². The molecule has 0 amide bonds. The molecule has 0 fully saturated rings. The van der Waals surface area contributed by atoms with Crippen molar-refractivity contribution in [2.45, 2.75) is 52.4 Å². The molecule has 1 nitrogen and oxygen atoms in total. The van der Waals surface area contributed by atoms with Gasteiger partial charge in [-0.15, -0.1) is 35.9 Å². The van der Waals surface area contributed by atoms with Gasteiger partial charge in [-0.05, 0) is 79.2 Å². The molecule has 199 valence electrons. The van der Waals surface area contributed by atoms with Gasteiger partial charge < -0.3 is 4.98 Å². The van der Waals surface area contributed by atoms with Crippen molar-refractivity contribution in [3.8, 4) is 44.6 Å². The predicted molar refractivity (Wildman–Crippen MR) is 162 cm³/mol. The zero-order chi connectivity index (χ0) is 26.9. The fraction of sp³-hybridized carbons (Fsp3) is 0.216. The first-order valence-corrected chi connectivity index (χ1v) is 13.4. The summed E-state index contributed by atoms with van der Waals surface area (Å²) >= 11 is 0. The van der Waals surface area contributed by atoms with Gasteiger partial charge in [0.15, 0.2) is 0 Å². The number of pyridine rings is 1. The SMILES string of the molecule is CC(C)(C)c1ccc(-c2cc(-c3ccc(C(C)(C)C)cc3)cc(-c3ccc(-c4[c-]cccc4)nc3)c2)cc1.[Ir]. The molecule has 0 bridgehead atoms. The molecule has 0 N–H and O–H groups in total. The Hall–Kier alpha value is -3.32. The van der Waals surface area contributed by atoms with E-state index in [0.29, 0.717) is 0 Å². The first-order chi connectivity index (χ1) is 18.1. The van der Waals surface area contributed by atoms with Gasteiger partial charge in [-0.2, -0.15) is 0 Å². The summed E-state index contributed by atoms with van der Waals surface area (Å²) in [6.07, 6.45) is 1.98. The van der Waals surface area contributed by atoms with Crippen LogP contribution in [0.3, 0.4) is 0 Å². The Kier molecular flexibility index (Phi) is 8.40. The minimum absolute atomic E-state index is 0. The normalized spacial score (nSPS) is 11.6. The fourth-order valence-corrected chi connectivity index (χ4v) is 4.73. The second-order valence-electron chi connectivity index (χ2n) is 12.2. The third-order valence-electron chi connectivity index (χ3n) is 7.18. The third kappa shape index (κ3) is 6.64. The molecule has 0 spiro atoms. The maximum atomic E-state index is 4.78. The summed E-state index contributed by atoms with van der Waals surface area (Å²) in [7, 11) is 0. The standard InChI is InChI=1S/C37H36N.Ir/c1-36(2,3)33-17-12-26(13-18-33)30-22-31(27-14-19-34(20-15-27)37(4,5)6)24-32(23-30)29-16-21-35(38-25-29)28-10-8-7-9-11-28;/h7-10,12-25H,1-6H3;/q-1;. The van der Waals surface area contributed by atoms with Gasteiger partial charge in [0.1, 0.15) is 0 Å². The molecule has 0 aliphatic rings. The van der Waals surface area contributed by atoms with Crippen LogP contribution < -0.4 is 0 Å². The molecule has 0 atom stereocenters. The van der Waals surface area contributed by atoms with Crippen molar-refractivity contribution in [3.63, 3.8) is 0 Å². The van der Waals surface area contributed by atoms with Crippen molar-refractivity contribution in [2.24, 2.45) is 0 Å². The summed E-state index contributed by atoms with van der Waals surface area (Å²) in [6, 6.07) is 40.4. The first-order valence-electron chi connectivity index (χ1n) is 13.4. The largest absolute Gasteiger partial charge is 0.304 e. The molecule has 0 saturated heterocycles. The van der Waals surface area contributed by atoms with Crippen LogP contribution in [-0.2, 0) is 30.9 Å². The number of aromatic nitrogens is 1. The van der Waals surface area contributed by atoms with Crippen LogP contribution in [0, 0.1) is 6.07 Å². The summed E-state index contributed by atoms with van der Waals surface area (Å²) in [5.41, 5.74) is 12.0. The Morgan fingerprint density at radius 1 is 0.513 bits per heavy atom. The number of hydrogen-bond acceptors (Lipinski definition) is 1. The zero-order valence-corrected chi connectivity index (χ0v) is 26.1. The van der Waals surface area contributed by atoms with Gasteiger partial charge in [0, 0.05) is 26.3 Å². The molecule has 39 heavy (non-hydrogen) atoms. The minimum atomic E-state index is 0. The van der Waals surface area contributed by atoms with E-state index in [1.807, 2.05) is 30.5 Å². The van der Waals surface area contributed by atoms with Gasteiger partial charge in [0.05, 0.1) is 0 Å². The molecule has 5 rings (SSSR count). The second kappa shape index (κ2) is 11.4. The van der Waals surface area contributed by atoms with Crippen LogP contribution in [0.1, 0.15) is 52.7 Å². The van der Waals surface area contributed by atoms with Crippen molar-refractivity contribution in [2.75, 3.05) is 0 Å². The molecular formula is C37H36IrN-. The molecule has 1 radical (unpaired) electrons. The smallest absolute Gasteiger partial charge is 0.0239 e. The van der Waals surface area contributed by atoms with E-state index >= 15 is 0 Å². The zero-order valence-electron chi connectivity index (χ0n) is 23.7. The molecule has 1 aromatic heterocycles. The van der Waals surface area contributed by atoms with Crippen LogP contribution in [0.2, 0.25) is 0 Å². The first kappa shape index (κ1) is 28.7. The van der Waals surface area contributed by atoms with Gasteiger partial charge in [-0.25, -0.2) is 0 Å². The Bertz CT molecular complexity index is 1440.